The summed E-state index contributed by atoms with van der Waals surface area (Å²) in [4.78, 5) is 35.5. The average Bonchev–Trinajstić information content (AvgIpc) is 3.06. The molecule has 3 heterocycles. The van der Waals surface area contributed by atoms with Crippen molar-refractivity contribution in [1.82, 2.24) is 24.8 Å². The Balaban J connectivity index is 1.09. The van der Waals surface area contributed by atoms with E-state index in [2.05, 4.69) is 46.4 Å². The Morgan fingerprint density at radius 1 is 0.886 bits per heavy atom. The molecule has 2 aromatic heterocycles. The Bertz CT molecular complexity index is 1500. The van der Waals surface area contributed by atoms with E-state index in [1.54, 1.807) is 0 Å². The lowest BCUT2D eigenvalue weighted by atomic mass is 10.2. The molecule has 1 aliphatic heterocycles. The lowest BCUT2D eigenvalue weighted by Gasteiger charge is -2.35. The minimum absolute atomic E-state index is 0.171. The molecule has 0 saturated carbocycles. The zero-order chi connectivity index (χ0) is 30.7. The van der Waals surface area contributed by atoms with Gasteiger partial charge in [-0.1, -0.05) is 18.2 Å². The SMILES string of the molecule is COc1nc(OC)nc(Sc2ccc(NC(=O)Nc3c(C)cccc3OCCCN3CCN(c4ccccn4)CC3)cc2)n1. The quantitative estimate of drug-likeness (QED) is 0.209. The minimum Gasteiger partial charge on any atom is -0.491 e. The fourth-order valence-corrected chi connectivity index (χ4v) is 5.40. The summed E-state index contributed by atoms with van der Waals surface area (Å²) in [5.41, 5.74) is 2.20. The number of pyridine rings is 1. The van der Waals surface area contributed by atoms with Gasteiger partial charge in [0.1, 0.15) is 11.6 Å². The number of benzene rings is 2. The minimum atomic E-state index is -0.359. The number of carbonyl (C=O) groups excluding carboxylic acids is 1. The lowest BCUT2D eigenvalue weighted by molar-refractivity contribution is 0.224. The number of nitrogens with one attached hydrogen (secondary N) is 2. The van der Waals surface area contributed by atoms with Gasteiger partial charge in [-0.2, -0.15) is 9.97 Å². The Kier molecular flexibility index (Phi) is 10.7. The molecule has 1 saturated heterocycles. The summed E-state index contributed by atoms with van der Waals surface area (Å²) in [6.45, 7) is 7.37. The fourth-order valence-electron chi connectivity index (χ4n) is 4.67. The number of anilines is 3. The number of para-hydroxylation sites is 1. The number of aromatic nitrogens is 4. The van der Waals surface area contributed by atoms with Crippen molar-refractivity contribution in [2.45, 2.75) is 23.4 Å². The van der Waals surface area contributed by atoms with Gasteiger partial charge in [-0.05, 0) is 73.1 Å². The second-order valence-corrected chi connectivity index (χ2v) is 11.0. The van der Waals surface area contributed by atoms with Gasteiger partial charge in [0.25, 0.3) is 0 Å². The van der Waals surface area contributed by atoms with Gasteiger partial charge in [-0.3, -0.25) is 4.90 Å². The molecular weight excluding hydrogens is 580 g/mol. The molecule has 0 atom stereocenters. The molecule has 44 heavy (non-hydrogen) atoms. The van der Waals surface area contributed by atoms with Crippen LogP contribution in [0.25, 0.3) is 0 Å². The first kappa shape index (κ1) is 30.8. The molecule has 12 nitrogen and oxygen atoms in total. The highest BCUT2D eigenvalue weighted by atomic mass is 32.2. The smallest absolute Gasteiger partial charge is 0.323 e. The zero-order valence-corrected chi connectivity index (χ0v) is 25.8. The highest BCUT2D eigenvalue weighted by Crippen LogP contribution is 2.30. The molecule has 5 rings (SSSR count). The molecule has 2 amide bonds. The van der Waals surface area contributed by atoms with Crippen molar-refractivity contribution >= 4 is 35.0 Å². The van der Waals surface area contributed by atoms with Crippen LogP contribution in [0.4, 0.5) is 22.0 Å². The summed E-state index contributed by atoms with van der Waals surface area (Å²) in [6.07, 6.45) is 2.73. The second-order valence-electron chi connectivity index (χ2n) is 9.96. The van der Waals surface area contributed by atoms with E-state index in [0.29, 0.717) is 28.9 Å². The molecule has 0 unspecified atom stereocenters. The number of amides is 2. The summed E-state index contributed by atoms with van der Waals surface area (Å²) in [7, 11) is 2.96. The Morgan fingerprint density at radius 2 is 1.64 bits per heavy atom. The van der Waals surface area contributed by atoms with Crippen LogP contribution in [0.1, 0.15) is 12.0 Å². The number of ether oxygens (including phenoxy) is 3. The van der Waals surface area contributed by atoms with Crippen LogP contribution in [0.5, 0.6) is 17.8 Å². The number of hydrogen-bond acceptors (Lipinski definition) is 11. The molecular formula is C31H36N8O4S. The second kappa shape index (κ2) is 15.2. The molecule has 0 spiro atoms. The number of aryl methyl sites for hydroxylation is 1. The van der Waals surface area contributed by atoms with Crippen LogP contribution in [-0.4, -0.2) is 84.4 Å². The average molecular weight is 617 g/mol. The summed E-state index contributed by atoms with van der Waals surface area (Å²) in [5.74, 6) is 1.68. The number of hydrogen-bond donors (Lipinski definition) is 2. The number of methoxy groups -OCH3 is 2. The Morgan fingerprint density at radius 3 is 2.32 bits per heavy atom. The van der Waals surface area contributed by atoms with Gasteiger partial charge in [0.15, 0.2) is 0 Å². The first-order valence-corrected chi connectivity index (χ1v) is 15.1. The highest BCUT2D eigenvalue weighted by Gasteiger charge is 2.18. The predicted octanol–water partition coefficient (Wildman–Crippen LogP) is 4.98. The zero-order valence-electron chi connectivity index (χ0n) is 25.0. The van der Waals surface area contributed by atoms with Crippen LogP contribution in [-0.2, 0) is 0 Å². The van der Waals surface area contributed by atoms with Gasteiger partial charge >= 0.3 is 18.1 Å². The normalized spacial score (nSPS) is 13.3. The van der Waals surface area contributed by atoms with E-state index < -0.39 is 0 Å². The van der Waals surface area contributed by atoms with E-state index >= 15 is 0 Å². The van der Waals surface area contributed by atoms with E-state index in [0.717, 1.165) is 55.4 Å². The van der Waals surface area contributed by atoms with Crippen molar-refractivity contribution in [3.63, 3.8) is 0 Å². The van der Waals surface area contributed by atoms with Crippen molar-refractivity contribution in [2.24, 2.45) is 0 Å². The molecule has 0 bridgehead atoms. The van der Waals surface area contributed by atoms with Crippen molar-refractivity contribution < 1.29 is 19.0 Å². The summed E-state index contributed by atoms with van der Waals surface area (Å²) in [6, 6.07) is 19.1. The van der Waals surface area contributed by atoms with Crippen LogP contribution in [0, 0.1) is 6.92 Å². The largest absolute Gasteiger partial charge is 0.491 e. The number of carbonyl (C=O) groups is 1. The van der Waals surface area contributed by atoms with Crippen molar-refractivity contribution in [2.75, 3.05) is 69.1 Å². The van der Waals surface area contributed by atoms with Gasteiger partial charge in [0.05, 0.1) is 26.5 Å². The number of piperazine rings is 1. The Hall–Kier alpha value is -4.62. The molecule has 1 fully saturated rings. The molecule has 13 heteroatoms. The van der Waals surface area contributed by atoms with Crippen molar-refractivity contribution in [3.8, 4) is 17.8 Å². The molecule has 0 radical (unpaired) electrons. The molecule has 4 aromatic rings. The molecule has 230 valence electrons. The third-order valence-corrected chi connectivity index (χ3v) is 7.83. The number of urea groups is 1. The van der Waals surface area contributed by atoms with Crippen LogP contribution < -0.4 is 29.7 Å². The van der Waals surface area contributed by atoms with Crippen LogP contribution in [0.3, 0.4) is 0 Å². The van der Waals surface area contributed by atoms with E-state index in [-0.39, 0.29) is 18.1 Å². The Labute approximate surface area is 261 Å². The van der Waals surface area contributed by atoms with Gasteiger partial charge in [0.2, 0.25) is 5.16 Å². The molecule has 2 aromatic carbocycles. The summed E-state index contributed by atoms with van der Waals surface area (Å²) in [5, 5.41) is 6.28. The molecule has 0 aliphatic carbocycles. The van der Waals surface area contributed by atoms with E-state index in [1.165, 1.54) is 26.0 Å². The molecule has 1 aliphatic rings. The predicted molar refractivity (Wildman–Crippen MR) is 170 cm³/mol. The summed E-state index contributed by atoms with van der Waals surface area (Å²) < 4.78 is 16.3. The topological polar surface area (TPSA) is 127 Å². The molecule has 2 N–H and O–H groups in total. The third kappa shape index (κ3) is 8.48. The van der Waals surface area contributed by atoms with Gasteiger partial charge in [-0.15, -0.1) is 4.98 Å². The monoisotopic (exact) mass is 616 g/mol. The highest BCUT2D eigenvalue weighted by molar-refractivity contribution is 7.99. The number of rotatable bonds is 12. The summed E-state index contributed by atoms with van der Waals surface area (Å²) >= 11 is 1.32. The standard InChI is InChI=1S/C31H36N8O4S/c1-22-8-6-9-25(43-21-7-16-38-17-19-39(20-18-38)26-10-4-5-15-32-26)27(22)34-28(40)33-23-11-13-24(14-12-23)44-31-36-29(41-2)35-30(37-31)42-3/h4-6,8-15H,7,16-21H2,1-3H3,(H2,33,34,40). The van der Waals surface area contributed by atoms with Gasteiger partial charge in [0, 0.05) is 49.5 Å². The first-order valence-electron chi connectivity index (χ1n) is 14.3. The maximum absolute atomic E-state index is 12.9. The van der Waals surface area contributed by atoms with Gasteiger partial charge in [-0.25, -0.2) is 9.78 Å². The van der Waals surface area contributed by atoms with Crippen molar-refractivity contribution in [3.05, 3.63) is 72.4 Å². The van der Waals surface area contributed by atoms with Crippen LogP contribution in [0.15, 0.2) is 76.9 Å². The van der Waals surface area contributed by atoms with Crippen LogP contribution in [0.2, 0.25) is 0 Å². The van der Waals surface area contributed by atoms with E-state index in [1.807, 2.05) is 67.7 Å². The first-order chi connectivity index (χ1) is 21.5. The van der Waals surface area contributed by atoms with E-state index in [9.17, 15) is 4.79 Å². The van der Waals surface area contributed by atoms with Crippen molar-refractivity contribution in [1.29, 1.82) is 0 Å². The maximum atomic E-state index is 12.9. The third-order valence-electron chi connectivity index (χ3n) is 6.96. The van der Waals surface area contributed by atoms with E-state index in [4.69, 9.17) is 14.2 Å². The fraction of sp³-hybridized carbons (Fsp3) is 0.323. The van der Waals surface area contributed by atoms with Gasteiger partial charge < -0.3 is 29.7 Å². The maximum Gasteiger partial charge on any atom is 0.323 e. The van der Waals surface area contributed by atoms with Crippen LogP contribution >= 0.6 is 11.8 Å². The lowest BCUT2D eigenvalue weighted by Crippen LogP contribution is -2.47. The number of nitrogens with zero attached hydrogens (tertiary/aromatic N) is 6.